The Morgan fingerprint density at radius 3 is 2.21 bits per heavy atom. The van der Waals surface area contributed by atoms with Crippen LogP contribution in [0, 0.1) is 23.7 Å². The van der Waals surface area contributed by atoms with Gasteiger partial charge in [-0.1, -0.05) is 19.8 Å². The highest BCUT2D eigenvalue weighted by Crippen LogP contribution is 2.31. The van der Waals surface area contributed by atoms with E-state index in [2.05, 4.69) is 6.92 Å². The van der Waals surface area contributed by atoms with Gasteiger partial charge >= 0.3 is 0 Å². The molecule has 1 amide bonds. The zero-order valence-corrected chi connectivity index (χ0v) is 16.9. The molecule has 2 fully saturated rings. The van der Waals surface area contributed by atoms with E-state index in [1.165, 1.54) is 25.7 Å². The van der Waals surface area contributed by atoms with Crippen molar-refractivity contribution < 1.29 is 19.1 Å². The minimum absolute atomic E-state index is 0.196. The number of carbonyl (C=O) groups is 2. The molecule has 2 aliphatic rings. The molecule has 2 aliphatic carbocycles. The van der Waals surface area contributed by atoms with Crippen LogP contribution in [0.4, 0.5) is 0 Å². The quantitative estimate of drug-likeness (QED) is 0.672. The fourth-order valence-corrected chi connectivity index (χ4v) is 4.33. The summed E-state index contributed by atoms with van der Waals surface area (Å²) >= 11 is 0. The fourth-order valence-electron chi connectivity index (χ4n) is 4.33. The lowest BCUT2D eigenvalue weighted by atomic mass is 9.83. The molecule has 5 nitrogen and oxygen atoms in total. The number of benzene rings is 1. The van der Waals surface area contributed by atoms with Crippen molar-refractivity contribution in [3.63, 3.8) is 0 Å². The highest BCUT2D eigenvalue weighted by molar-refractivity contribution is 5.96. The van der Waals surface area contributed by atoms with Crippen LogP contribution in [0.25, 0.3) is 0 Å². The van der Waals surface area contributed by atoms with Crippen molar-refractivity contribution in [2.24, 2.45) is 29.4 Å². The van der Waals surface area contributed by atoms with Crippen LogP contribution in [0.1, 0.15) is 68.6 Å². The van der Waals surface area contributed by atoms with Gasteiger partial charge in [0.15, 0.2) is 0 Å². The summed E-state index contributed by atoms with van der Waals surface area (Å²) in [5, 5.41) is 0. The van der Waals surface area contributed by atoms with Gasteiger partial charge < -0.3 is 20.0 Å². The highest BCUT2D eigenvalue weighted by atomic mass is 16.5. The first-order valence-electron chi connectivity index (χ1n) is 10.7. The largest absolute Gasteiger partial charge is 0.493 e. The zero-order valence-electron chi connectivity index (χ0n) is 16.9. The van der Waals surface area contributed by atoms with Crippen LogP contribution in [-0.4, -0.2) is 25.4 Å². The standard InChI is InChI=1S/C23H33NO4/c1-16-2-4-18(5-3-16)14-27-20-10-11-22(21(12-20)23(24)26)28-15-19-8-6-17(13-25)7-9-19/h10-13,16-19H,2-9,14-15H2,1H3,(H2,24,26). The summed E-state index contributed by atoms with van der Waals surface area (Å²) in [4.78, 5) is 22.8. The van der Waals surface area contributed by atoms with E-state index >= 15 is 0 Å². The van der Waals surface area contributed by atoms with E-state index in [0.29, 0.717) is 42.1 Å². The third kappa shape index (κ3) is 5.73. The van der Waals surface area contributed by atoms with Gasteiger partial charge in [0.2, 0.25) is 0 Å². The first kappa shape index (κ1) is 20.7. The van der Waals surface area contributed by atoms with Gasteiger partial charge in [0.25, 0.3) is 5.91 Å². The van der Waals surface area contributed by atoms with Crippen molar-refractivity contribution in [2.75, 3.05) is 13.2 Å². The molecule has 1 aromatic carbocycles. The van der Waals surface area contributed by atoms with Crippen LogP contribution in [0.3, 0.4) is 0 Å². The minimum Gasteiger partial charge on any atom is -0.493 e. The van der Waals surface area contributed by atoms with Crippen molar-refractivity contribution in [1.29, 1.82) is 0 Å². The van der Waals surface area contributed by atoms with Crippen molar-refractivity contribution in [3.05, 3.63) is 23.8 Å². The molecule has 0 aliphatic heterocycles. The number of hydrogen-bond acceptors (Lipinski definition) is 4. The SMILES string of the molecule is CC1CCC(COc2ccc(OCC3CCC(C=O)CC3)c(C(N)=O)c2)CC1. The van der Waals surface area contributed by atoms with E-state index in [1.807, 2.05) is 6.07 Å². The topological polar surface area (TPSA) is 78.6 Å². The van der Waals surface area contributed by atoms with Gasteiger partial charge in [-0.3, -0.25) is 4.79 Å². The predicted molar refractivity (Wildman–Crippen MR) is 109 cm³/mol. The van der Waals surface area contributed by atoms with E-state index in [9.17, 15) is 9.59 Å². The van der Waals surface area contributed by atoms with Crippen LogP contribution in [0.15, 0.2) is 18.2 Å². The Bertz CT molecular complexity index is 659. The van der Waals surface area contributed by atoms with Crippen LogP contribution in [-0.2, 0) is 4.79 Å². The first-order valence-corrected chi connectivity index (χ1v) is 10.7. The van der Waals surface area contributed by atoms with Crippen molar-refractivity contribution >= 4 is 12.2 Å². The fraction of sp³-hybridized carbons (Fsp3) is 0.652. The average Bonchev–Trinajstić information content (AvgIpc) is 2.72. The Morgan fingerprint density at radius 2 is 1.61 bits per heavy atom. The molecule has 0 heterocycles. The Labute approximate surface area is 168 Å². The summed E-state index contributed by atoms with van der Waals surface area (Å²) in [6.07, 6.45) is 9.82. The smallest absolute Gasteiger partial charge is 0.252 e. The maximum Gasteiger partial charge on any atom is 0.252 e. The number of ether oxygens (including phenoxy) is 2. The molecule has 154 valence electrons. The molecular weight excluding hydrogens is 354 g/mol. The Balaban J connectivity index is 1.53. The maximum absolute atomic E-state index is 11.9. The maximum atomic E-state index is 11.9. The highest BCUT2D eigenvalue weighted by Gasteiger charge is 2.22. The van der Waals surface area contributed by atoms with Crippen LogP contribution in [0.5, 0.6) is 11.5 Å². The Hall–Kier alpha value is -2.04. The summed E-state index contributed by atoms with van der Waals surface area (Å²) < 4.78 is 11.9. The lowest BCUT2D eigenvalue weighted by Crippen LogP contribution is -2.22. The Morgan fingerprint density at radius 1 is 1.00 bits per heavy atom. The predicted octanol–water partition coefficient (Wildman–Crippen LogP) is 4.37. The number of amides is 1. The van der Waals surface area contributed by atoms with Gasteiger partial charge in [-0.05, 0) is 74.5 Å². The van der Waals surface area contributed by atoms with Gasteiger partial charge in [0.1, 0.15) is 17.8 Å². The second-order valence-corrected chi connectivity index (χ2v) is 8.69. The number of hydrogen-bond donors (Lipinski definition) is 1. The minimum atomic E-state index is -0.503. The molecular formula is C23H33NO4. The molecule has 1 aromatic rings. The average molecular weight is 388 g/mol. The molecule has 0 atom stereocenters. The lowest BCUT2D eigenvalue weighted by molar-refractivity contribution is -0.112. The summed E-state index contributed by atoms with van der Waals surface area (Å²) in [5.41, 5.74) is 5.94. The molecule has 5 heteroatoms. The van der Waals surface area contributed by atoms with E-state index in [4.69, 9.17) is 15.2 Å². The lowest BCUT2D eigenvalue weighted by Gasteiger charge is -2.26. The third-order valence-electron chi connectivity index (χ3n) is 6.40. The normalized spacial score (nSPS) is 27.8. The van der Waals surface area contributed by atoms with E-state index in [1.54, 1.807) is 12.1 Å². The van der Waals surface area contributed by atoms with Crippen molar-refractivity contribution in [1.82, 2.24) is 0 Å². The molecule has 2 saturated carbocycles. The van der Waals surface area contributed by atoms with Crippen molar-refractivity contribution in [2.45, 2.75) is 58.3 Å². The van der Waals surface area contributed by atoms with E-state index in [0.717, 1.165) is 37.9 Å². The molecule has 28 heavy (non-hydrogen) atoms. The number of rotatable bonds is 8. The molecule has 3 rings (SSSR count). The first-order chi connectivity index (χ1) is 13.5. The molecule has 0 unspecified atom stereocenters. The summed E-state index contributed by atoms with van der Waals surface area (Å²) in [5.74, 6) is 2.71. The Kier molecular flexibility index (Phi) is 7.35. The zero-order chi connectivity index (χ0) is 19.9. The van der Waals surface area contributed by atoms with E-state index < -0.39 is 5.91 Å². The number of aldehydes is 1. The number of carbonyl (C=O) groups excluding carboxylic acids is 2. The number of primary amides is 1. The van der Waals surface area contributed by atoms with Crippen LogP contribution >= 0.6 is 0 Å². The second kappa shape index (κ2) is 9.94. The van der Waals surface area contributed by atoms with Crippen LogP contribution < -0.4 is 15.2 Å². The molecule has 0 saturated heterocycles. The van der Waals surface area contributed by atoms with E-state index in [-0.39, 0.29) is 5.92 Å². The molecule has 2 N–H and O–H groups in total. The van der Waals surface area contributed by atoms with Crippen LogP contribution in [0.2, 0.25) is 0 Å². The summed E-state index contributed by atoms with van der Waals surface area (Å²) in [7, 11) is 0. The van der Waals surface area contributed by atoms with Crippen molar-refractivity contribution in [3.8, 4) is 11.5 Å². The number of nitrogens with two attached hydrogens (primary N) is 1. The van der Waals surface area contributed by atoms with Gasteiger partial charge in [-0.15, -0.1) is 0 Å². The van der Waals surface area contributed by atoms with Gasteiger partial charge in [-0.25, -0.2) is 0 Å². The monoisotopic (exact) mass is 387 g/mol. The van der Waals surface area contributed by atoms with Gasteiger partial charge in [0.05, 0.1) is 18.8 Å². The third-order valence-corrected chi connectivity index (χ3v) is 6.40. The summed E-state index contributed by atoms with van der Waals surface area (Å²) in [6, 6.07) is 5.35. The molecule has 0 bridgehead atoms. The van der Waals surface area contributed by atoms with Gasteiger partial charge in [0, 0.05) is 5.92 Å². The van der Waals surface area contributed by atoms with Gasteiger partial charge in [-0.2, -0.15) is 0 Å². The molecule has 0 radical (unpaired) electrons. The summed E-state index contributed by atoms with van der Waals surface area (Å²) in [6.45, 7) is 3.54. The molecule has 0 aromatic heterocycles. The molecule has 0 spiro atoms. The second-order valence-electron chi connectivity index (χ2n) is 8.69.